The normalized spacial score (nSPS) is 11.8. The summed E-state index contributed by atoms with van der Waals surface area (Å²) < 4.78 is 31.6. The van der Waals surface area contributed by atoms with E-state index in [0.717, 1.165) is 12.1 Å². The summed E-state index contributed by atoms with van der Waals surface area (Å²) in [6, 6.07) is 5.61. The molecule has 0 radical (unpaired) electrons. The summed E-state index contributed by atoms with van der Waals surface area (Å²) in [4.78, 5) is 23.3. The van der Waals surface area contributed by atoms with E-state index in [4.69, 9.17) is 4.42 Å². The van der Waals surface area contributed by atoms with Crippen LogP contribution in [-0.2, 0) is 11.3 Å². The largest absolute Gasteiger partial charge is 0.467 e. The predicted molar refractivity (Wildman–Crippen MR) is 80.7 cm³/mol. The van der Waals surface area contributed by atoms with E-state index in [1.807, 2.05) is 0 Å². The Morgan fingerprint density at radius 2 is 2.08 bits per heavy atom. The number of halogens is 2. The Morgan fingerprint density at radius 1 is 1.29 bits per heavy atom. The van der Waals surface area contributed by atoms with Crippen LogP contribution in [0.1, 0.15) is 24.3 Å². The van der Waals surface area contributed by atoms with E-state index in [-0.39, 0.29) is 18.7 Å². The molecule has 24 heavy (non-hydrogen) atoms. The van der Waals surface area contributed by atoms with Gasteiger partial charge in [-0.3, -0.25) is 10.1 Å². The van der Waals surface area contributed by atoms with Gasteiger partial charge in [-0.25, -0.2) is 13.6 Å². The Kier molecular flexibility index (Phi) is 6.02. The van der Waals surface area contributed by atoms with Gasteiger partial charge in [-0.2, -0.15) is 0 Å². The first-order valence-electron chi connectivity index (χ1n) is 7.34. The number of carbonyl (C=O) groups is 2. The Labute approximate surface area is 137 Å². The zero-order valence-corrected chi connectivity index (χ0v) is 13.0. The van der Waals surface area contributed by atoms with Crippen LogP contribution in [0.2, 0.25) is 0 Å². The van der Waals surface area contributed by atoms with Crippen molar-refractivity contribution in [3.8, 4) is 0 Å². The van der Waals surface area contributed by atoms with Crippen LogP contribution in [0, 0.1) is 11.6 Å². The molecule has 0 saturated heterocycles. The van der Waals surface area contributed by atoms with Gasteiger partial charge in [0.15, 0.2) is 6.54 Å². The molecule has 0 aliphatic carbocycles. The van der Waals surface area contributed by atoms with E-state index in [0.29, 0.717) is 5.76 Å². The molecule has 1 aromatic heterocycles. The molecule has 2 aromatic rings. The van der Waals surface area contributed by atoms with Crippen LogP contribution < -0.4 is 16.0 Å². The zero-order chi connectivity index (χ0) is 17.5. The van der Waals surface area contributed by atoms with Crippen molar-refractivity contribution in [2.24, 2.45) is 0 Å². The lowest BCUT2D eigenvalue weighted by atomic mass is 10.1. The summed E-state index contributed by atoms with van der Waals surface area (Å²) >= 11 is 0. The molecule has 8 heteroatoms. The minimum absolute atomic E-state index is 0.0772. The van der Waals surface area contributed by atoms with Crippen LogP contribution in [0.5, 0.6) is 0 Å². The zero-order valence-electron chi connectivity index (χ0n) is 13.0. The maximum absolute atomic E-state index is 13.6. The fourth-order valence-electron chi connectivity index (χ4n) is 2.08. The molecule has 128 valence electrons. The van der Waals surface area contributed by atoms with Crippen LogP contribution in [-0.4, -0.2) is 18.5 Å². The monoisotopic (exact) mass is 338 g/mol. The van der Waals surface area contributed by atoms with Crippen molar-refractivity contribution in [1.82, 2.24) is 10.6 Å². The van der Waals surface area contributed by atoms with Crippen LogP contribution in [0.25, 0.3) is 0 Å². The maximum atomic E-state index is 13.6. The molecule has 0 aliphatic rings. The van der Waals surface area contributed by atoms with E-state index in [1.165, 1.54) is 12.3 Å². The maximum Gasteiger partial charge on any atom is 0.321 e. The Morgan fingerprint density at radius 3 is 2.75 bits per heavy atom. The molecular weight excluding hydrogens is 320 g/mol. The van der Waals surface area contributed by atoms with Crippen molar-refractivity contribution in [3.05, 3.63) is 59.6 Å². The van der Waals surface area contributed by atoms with Crippen LogP contribution in [0.4, 0.5) is 13.6 Å². The highest BCUT2D eigenvalue weighted by molar-refractivity contribution is 5.94. The molecule has 3 amide bonds. The number of imide groups is 1. The third-order valence-electron chi connectivity index (χ3n) is 3.37. The molecular formula is C16H18F2N3O3+. The fourth-order valence-corrected chi connectivity index (χ4v) is 2.08. The number of urea groups is 1. The van der Waals surface area contributed by atoms with Crippen LogP contribution in [0.15, 0.2) is 41.0 Å². The van der Waals surface area contributed by atoms with Gasteiger partial charge in [0, 0.05) is 11.6 Å². The highest BCUT2D eigenvalue weighted by Crippen LogP contribution is 2.14. The summed E-state index contributed by atoms with van der Waals surface area (Å²) in [5.74, 6) is -1.30. The number of nitrogens with one attached hydrogen (secondary N) is 2. The van der Waals surface area contributed by atoms with E-state index < -0.39 is 29.6 Å². The lowest BCUT2D eigenvalue weighted by molar-refractivity contribution is -0.682. The van der Waals surface area contributed by atoms with Gasteiger partial charge in [0.05, 0.1) is 12.8 Å². The number of carbonyl (C=O) groups excluding carboxylic acids is 2. The van der Waals surface area contributed by atoms with Gasteiger partial charge in [-0.05, 0) is 31.2 Å². The van der Waals surface area contributed by atoms with Gasteiger partial charge in [-0.15, -0.1) is 0 Å². The van der Waals surface area contributed by atoms with Crippen molar-refractivity contribution in [3.63, 3.8) is 0 Å². The van der Waals surface area contributed by atoms with Crippen molar-refractivity contribution in [2.75, 3.05) is 6.54 Å². The molecule has 0 aliphatic heterocycles. The van der Waals surface area contributed by atoms with Crippen molar-refractivity contribution in [2.45, 2.75) is 19.5 Å². The van der Waals surface area contributed by atoms with Gasteiger partial charge in [-0.1, -0.05) is 0 Å². The summed E-state index contributed by atoms with van der Waals surface area (Å²) in [6.45, 7) is 1.76. The SMILES string of the molecule is C[C@@H]([NH2+]CC(=O)NC(=O)NCc1ccco1)c1ccc(F)cc1F. The third-order valence-corrected chi connectivity index (χ3v) is 3.37. The quantitative estimate of drug-likeness (QED) is 0.740. The summed E-state index contributed by atoms with van der Waals surface area (Å²) in [5, 5.41) is 6.17. The highest BCUT2D eigenvalue weighted by Gasteiger charge is 2.17. The topological polar surface area (TPSA) is 88.0 Å². The van der Waals surface area contributed by atoms with Gasteiger partial charge in [0.2, 0.25) is 0 Å². The molecule has 1 heterocycles. The van der Waals surface area contributed by atoms with Gasteiger partial charge in [0.25, 0.3) is 5.91 Å². The van der Waals surface area contributed by atoms with Crippen LogP contribution in [0.3, 0.4) is 0 Å². The van der Waals surface area contributed by atoms with Gasteiger partial charge in [0.1, 0.15) is 23.4 Å². The Bertz CT molecular complexity index is 705. The molecule has 6 nitrogen and oxygen atoms in total. The molecule has 0 fully saturated rings. The first kappa shape index (κ1) is 17.6. The number of nitrogens with two attached hydrogens (primary N) is 1. The number of amides is 3. The van der Waals surface area contributed by atoms with Gasteiger partial charge >= 0.3 is 6.03 Å². The second kappa shape index (κ2) is 8.21. The second-order valence-corrected chi connectivity index (χ2v) is 5.20. The molecule has 0 spiro atoms. The minimum atomic E-state index is -0.671. The third kappa shape index (κ3) is 5.17. The van der Waals surface area contributed by atoms with E-state index >= 15 is 0 Å². The lowest BCUT2D eigenvalue weighted by Crippen LogP contribution is -2.87. The molecule has 1 aromatic carbocycles. The summed E-state index contributed by atoms with van der Waals surface area (Å²) in [7, 11) is 0. The van der Waals surface area contributed by atoms with Crippen molar-refractivity contribution < 1.29 is 28.1 Å². The number of benzene rings is 1. The number of hydrogen-bond donors (Lipinski definition) is 3. The number of quaternary nitrogens is 1. The van der Waals surface area contributed by atoms with E-state index in [2.05, 4.69) is 10.6 Å². The summed E-state index contributed by atoms with van der Waals surface area (Å²) in [6.07, 6.45) is 1.48. The summed E-state index contributed by atoms with van der Waals surface area (Å²) in [5.41, 5.74) is 0.284. The second-order valence-electron chi connectivity index (χ2n) is 5.20. The lowest BCUT2D eigenvalue weighted by Gasteiger charge is -2.12. The molecule has 4 N–H and O–H groups in total. The van der Waals surface area contributed by atoms with Crippen molar-refractivity contribution in [1.29, 1.82) is 0 Å². The molecule has 1 atom stereocenters. The number of rotatable bonds is 6. The van der Waals surface area contributed by atoms with Crippen molar-refractivity contribution >= 4 is 11.9 Å². The molecule has 0 saturated carbocycles. The number of hydrogen-bond acceptors (Lipinski definition) is 3. The van der Waals surface area contributed by atoms with Gasteiger partial charge < -0.3 is 15.1 Å². The average Bonchev–Trinajstić information content (AvgIpc) is 3.04. The predicted octanol–water partition coefficient (Wildman–Crippen LogP) is 1.21. The smallest absolute Gasteiger partial charge is 0.321 e. The van der Waals surface area contributed by atoms with E-state index in [9.17, 15) is 18.4 Å². The standard InChI is InChI=1S/C16H17F2N3O3/c1-10(13-5-4-11(17)7-14(13)18)19-9-15(22)21-16(23)20-8-12-3-2-6-24-12/h2-7,10,19H,8-9H2,1H3,(H2,20,21,22,23)/p+1/t10-/m1/s1. The number of furan rings is 1. The Hall–Kier alpha value is -2.74. The molecule has 0 bridgehead atoms. The average molecular weight is 338 g/mol. The minimum Gasteiger partial charge on any atom is -0.467 e. The Balaban J connectivity index is 1.74. The first-order chi connectivity index (χ1) is 11.5. The van der Waals surface area contributed by atoms with E-state index in [1.54, 1.807) is 24.4 Å². The molecule has 2 rings (SSSR count). The first-order valence-corrected chi connectivity index (χ1v) is 7.34. The fraction of sp³-hybridized carbons (Fsp3) is 0.250. The molecule has 0 unspecified atom stereocenters. The van der Waals surface area contributed by atoms with Crippen LogP contribution >= 0.6 is 0 Å². The highest BCUT2D eigenvalue weighted by atomic mass is 19.1.